The lowest BCUT2D eigenvalue weighted by atomic mass is 9.98. The van der Waals surface area contributed by atoms with E-state index in [1.165, 1.54) is 18.4 Å². The maximum absolute atomic E-state index is 13.3. The third-order valence-electron chi connectivity index (χ3n) is 7.92. The van der Waals surface area contributed by atoms with E-state index in [1.54, 1.807) is 6.07 Å². The predicted octanol–water partition coefficient (Wildman–Crippen LogP) is 8.03. The molecule has 4 aromatic carbocycles. The number of carbonyl (C=O) groups excluding carboxylic acids is 2. The molecule has 0 spiro atoms. The van der Waals surface area contributed by atoms with Gasteiger partial charge in [-0.05, 0) is 72.4 Å². The molecule has 5 heteroatoms. The van der Waals surface area contributed by atoms with Crippen molar-refractivity contribution in [1.82, 2.24) is 9.88 Å². The molecule has 0 aliphatic rings. The van der Waals surface area contributed by atoms with E-state index in [2.05, 4.69) is 61.0 Å². The fourth-order valence-corrected chi connectivity index (χ4v) is 5.53. The van der Waals surface area contributed by atoms with Crippen LogP contribution in [0.25, 0.3) is 22.0 Å². The lowest BCUT2D eigenvalue weighted by Gasteiger charge is -2.19. The summed E-state index contributed by atoms with van der Waals surface area (Å²) in [5.41, 5.74) is 8.76. The number of hydrogen-bond donors (Lipinski definition) is 1. The molecule has 0 aliphatic heterocycles. The van der Waals surface area contributed by atoms with Gasteiger partial charge in [-0.2, -0.15) is 0 Å². The van der Waals surface area contributed by atoms with Crippen molar-refractivity contribution in [1.29, 1.82) is 0 Å². The van der Waals surface area contributed by atoms with E-state index in [4.69, 9.17) is 4.74 Å². The molecule has 1 amide bonds. The van der Waals surface area contributed by atoms with Crippen LogP contribution in [-0.4, -0.2) is 23.6 Å². The zero-order valence-electron chi connectivity index (χ0n) is 24.1. The minimum atomic E-state index is -0.344. The first-order valence-corrected chi connectivity index (χ1v) is 14.1. The minimum Gasteiger partial charge on any atom is -0.465 e. The Morgan fingerprint density at radius 3 is 2.29 bits per heavy atom. The Hall–Kier alpha value is -4.64. The standard InChI is InChI=1S/C36H36N2O3/c1-5-11-33(28-12-7-6-8-13-28)37-35(39)29-20-21-34-32(22-29)24(2)25(3)38(34)23-26-16-18-27(19-17-26)30-14-9-10-15-31(30)36(40)41-4/h6-10,12-22,33H,5,11,23H2,1-4H3,(H,37,39). The Labute approximate surface area is 241 Å². The second-order valence-electron chi connectivity index (χ2n) is 10.5. The van der Waals surface area contributed by atoms with Crippen molar-refractivity contribution >= 4 is 22.8 Å². The molecular weight excluding hydrogens is 508 g/mol. The molecule has 41 heavy (non-hydrogen) atoms. The van der Waals surface area contributed by atoms with Gasteiger partial charge in [0.15, 0.2) is 0 Å². The number of carbonyl (C=O) groups is 2. The van der Waals surface area contributed by atoms with Crippen molar-refractivity contribution in [3.8, 4) is 11.1 Å². The predicted molar refractivity (Wildman–Crippen MR) is 165 cm³/mol. The first-order chi connectivity index (χ1) is 19.9. The van der Waals surface area contributed by atoms with Crippen molar-refractivity contribution in [2.45, 2.75) is 46.2 Å². The molecule has 5 rings (SSSR count). The molecule has 5 nitrogen and oxygen atoms in total. The van der Waals surface area contributed by atoms with Gasteiger partial charge in [0.1, 0.15) is 0 Å². The average molecular weight is 545 g/mol. The number of rotatable bonds is 9. The lowest BCUT2D eigenvalue weighted by Crippen LogP contribution is -2.28. The Morgan fingerprint density at radius 2 is 1.59 bits per heavy atom. The number of fused-ring (bicyclic) bond motifs is 1. The zero-order valence-corrected chi connectivity index (χ0v) is 24.1. The summed E-state index contributed by atoms with van der Waals surface area (Å²) in [7, 11) is 1.40. The number of aryl methyl sites for hydroxylation is 1. The highest BCUT2D eigenvalue weighted by atomic mass is 16.5. The van der Waals surface area contributed by atoms with E-state index >= 15 is 0 Å². The Kier molecular flexibility index (Phi) is 8.34. The smallest absolute Gasteiger partial charge is 0.338 e. The first kappa shape index (κ1) is 27.9. The van der Waals surface area contributed by atoms with E-state index in [1.807, 2.05) is 60.7 Å². The van der Waals surface area contributed by atoms with E-state index in [0.717, 1.165) is 46.0 Å². The van der Waals surface area contributed by atoms with Crippen LogP contribution >= 0.6 is 0 Å². The maximum atomic E-state index is 13.3. The van der Waals surface area contributed by atoms with Crippen molar-refractivity contribution < 1.29 is 14.3 Å². The van der Waals surface area contributed by atoms with Gasteiger partial charge in [-0.1, -0.05) is 86.1 Å². The van der Waals surface area contributed by atoms with Gasteiger partial charge in [0.05, 0.1) is 18.7 Å². The molecule has 5 aromatic rings. The minimum absolute atomic E-state index is 0.0145. The molecule has 0 aliphatic carbocycles. The van der Waals surface area contributed by atoms with Crippen molar-refractivity contribution in [2.75, 3.05) is 7.11 Å². The number of aromatic nitrogens is 1. The van der Waals surface area contributed by atoms with Crippen LogP contribution in [0.5, 0.6) is 0 Å². The van der Waals surface area contributed by atoms with Crippen LogP contribution in [0.2, 0.25) is 0 Å². The number of esters is 1. The lowest BCUT2D eigenvalue weighted by molar-refractivity contribution is 0.0601. The van der Waals surface area contributed by atoms with Gasteiger partial charge in [0.2, 0.25) is 0 Å². The number of hydrogen-bond acceptors (Lipinski definition) is 3. The summed E-state index contributed by atoms with van der Waals surface area (Å²) in [5, 5.41) is 4.34. The van der Waals surface area contributed by atoms with E-state index < -0.39 is 0 Å². The fourth-order valence-electron chi connectivity index (χ4n) is 5.53. The van der Waals surface area contributed by atoms with Gasteiger partial charge in [-0.3, -0.25) is 4.79 Å². The van der Waals surface area contributed by atoms with Crippen LogP contribution in [0, 0.1) is 13.8 Å². The van der Waals surface area contributed by atoms with Crippen LogP contribution in [0.15, 0.2) is 97.1 Å². The first-order valence-electron chi connectivity index (χ1n) is 14.1. The van der Waals surface area contributed by atoms with Gasteiger partial charge < -0.3 is 14.6 Å². The van der Waals surface area contributed by atoms with Gasteiger partial charge >= 0.3 is 5.97 Å². The molecule has 1 N–H and O–H groups in total. The van der Waals surface area contributed by atoms with Crippen molar-refractivity contribution in [2.24, 2.45) is 0 Å². The number of nitrogens with one attached hydrogen (secondary N) is 1. The maximum Gasteiger partial charge on any atom is 0.338 e. The zero-order chi connectivity index (χ0) is 28.9. The summed E-state index contributed by atoms with van der Waals surface area (Å²) < 4.78 is 7.26. The summed E-state index contributed by atoms with van der Waals surface area (Å²) in [5.74, 6) is -0.398. The third kappa shape index (κ3) is 5.80. The van der Waals surface area contributed by atoms with E-state index in [-0.39, 0.29) is 17.9 Å². The molecule has 208 valence electrons. The van der Waals surface area contributed by atoms with Crippen molar-refractivity contribution in [3.63, 3.8) is 0 Å². The SMILES string of the molecule is CCCC(NC(=O)c1ccc2c(c1)c(C)c(C)n2Cc1ccc(-c2ccccc2C(=O)OC)cc1)c1ccccc1. The second kappa shape index (κ2) is 12.3. The summed E-state index contributed by atoms with van der Waals surface area (Å²) in [6.07, 6.45) is 1.87. The number of nitrogens with zero attached hydrogens (tertiary/aromatic N) is 1. The molecule has 1 unspecified atom stereocenters. The highest BCUT2D eigenvalue weighted by Gasteiger charge is 2.18. The Balaban J connectivity index is 1.39. The summed E-state index contributed by atoms with van der Waals surface area (Å²) in [6, 6.07) is 31.9. The molecular formula is C36H36N2O3. The highest BCUT2D eigenvalue weighted by Crippen LogP contribution is 2.29. The summed E-state index contributed by atoms with van der Waals surface area (Å²) in [6.45, 7) is 7.08. The van der Waals surface area contributed by atoms with Crippen LogP contribution in [0.4, 0.5) is 0 Å². The van der Waals surface area contributed by atoms with Crippen LogP contribution < -0.4 is 5.32 Å². The van der Waals surface area contributed by atoms with Gasteiger partial charge in [0, 0.05) is 28.7 Å². The number of benzene rings is 4. The largest absolute Gasteiger partial charge is 0.465 e. The quantitative estimate of drug-likeness (QED) is 0.191. The van der Waals surface area contributed by atoms with Crippen LogP contribution in [-0.2, 0) is 11.3 Å². The van der Waals surface area contributed by atoms with E-state index in [9.17, 15) is 9.59 Å². The molecule has 1 aromatic heterocycles. The second-order valence-corrected chi connectivity index (χ2v) is 10.5. The summed E-state index contributed by atoms with van der Waals surface area (Å²) >= 11 is 0. The molecule has 0 radical (unpaired) electrons. The molecule has 0 fully saturated rings. The number of ether oxygens (including phenoxy) is 1. The molecule has 1 atom stereocenters. The van der Waals surface area contributed by atoms with Crippen molar-refractivity contribution in [3.05, 3.63) is 131 Å². The normalized spacial score (nSPS) is 11.8. The molecule has 0 bridgehead atoms. The van der Waals surface area contributed by atoms with Crippen LogP contribution in [0.1, 0.15) is 68.9 Å². The molecule has 0 saturated carbocycles. The van der Waals surface area contributed by atoms with Gasteiger partial charge in [-0.15, -0.1) is 0 Å². The summed E-state index contributed by atoms with van der Waals surface area (Å²) in [4.78, 5) is 25.6. The highest BCUT2D eigenvalue weighted by molar-refractivity contribution is 5.99. The average Bonchev–Trinajstić information content (AvgIpc) is 3.25. The van der Waals surface area contributed by atoms with Gasteiger partial charge in [0.25, 0.3) is 5.91 Å². The number of methoxy groups -OCH3 is 1. The molecule has 1 heterocycles. The van der Waals surface area contributed by atoms with E-state index in [0.29, 0.717) is 17.7 Å². The fraction of sp³-hybridized carbons (Fsp3) is 0.222. The topological polar surface area (TPSA) is 60.3 Å². The molecule has 0 saturated heterocycles. The van der Waals surface area contributed by atoms with Gasteiger partial charge in [-0.25, -0.2) is 4.79 Å². The number of amides is 1. The third-order valence-corrected chi connectivity index (χ3v) is 7.92. The Morgan fingerprint density at radius 1 is 0.878 bits per heavy atom. The van der Waals surface area contributed by atoms with Crippen LogP contribution in [0.3, 0.4) is 0 Å². The Bertz CT molecular complexity index is 1680. The monoisotopic (exact) mass is 544 g/mol.